The number of H-pyrrole nitrogens is 1. The molecule has 5 rings (SSSR count). The second-order valence-corrected chi connectivity index (χ2v) is 11.6. The van der Waals surface area contributed by atoms with E-state index >= 15 is 0 Å². The molecule has 3 aromatic heterocycles. The number of imidazole rings is 1. The molecule has 182 valence electrons. The lowest BCUT2D eigenvalue weighted by molar-refractivity contribution is 0.602. The maximum Gasteiger partial charge on any atom is 0.181 e. The zero-order valence-electron chi connectivity index (χ0n) is 19.6. The van der Waals surface area contributed by atoms with Crippen molar-refractivity contribution in [2.45, 2.75) is 24.1 Å². The molecule has 4 heterocycles. The van der Waals surface area contributed by atoms with Crippen LogP contribution in [0.3, 0.4) is 0 Å². The third-order valence-corrected chi connectivity index (χ3v) is 7.69. The molecule has 1 aliphatic heterocycles. The van der Waals surface area contributed by atoms with Crippen molar-refractivity contribution in [3.63, 3.8) is 0 Å². The van der Waals surface area contributed by atoms with E-state index in [0.29, 0.717) is 40.0 Å². The van der Waals surface area contributed by atoms with Gasteiger partial charge in [0.25, 0.3) is 0 Å². The highest BCUT2D eigenvalue weighted by atomic mass is 32.2. The zero-order chi connectivity index (χ0) is 25.4. The van der Waals surface area contributed by atoms with Gasteiger partial charge >= 0.3 is 0 Å². The van der Waals surface area contributed by atoms with Crippen molar-refractivity contribution in [1.29, 1.82) is 5.26 Å². The number of benzene rings is 1. The van der Waals surface area contributed by atoms with Crippen LogP contribution >= 0.6 is 11.8 Å². The van der Waals surface area contributed by atoms with Crippen LogP contribution in [0.4, 0.5) is 23.0 Å². The Balaban J connectivity index is 1.55. The van der Waals surface area contributed by atoms with Crippen LogP contribution < -0.4 is 16.0 Å². The minimum absolute atomic E-state index is 0.0464. The van der Waals surface area contributed by atoms with E-state index in [0.717, 1.165) is 10.5 Å². The van der Waals surface area contributed by atoms with E-state index in [2.05, 4.69) is 35.9 Å². The molecule has 1 atom stereocenters. The van der Waals surface area contributed by atoms with Crippen molar-refractivity contribution in [2.75, 3.05) is 16.9 Å². The van der Waals surface area contributed by atoms with E-state index in [9.17, 15) is 8.42 Å². The highest BCUT2D eigenvalue weighted by molar-refractivity contribution is 8.03. The van der Waals surface area contributed by atoms with E-state index in [1.54, 1.807) is 48.2 Å². The summed E-state index contributed by atoms with van der Waals surface area (Å²) in [4.78, 5) is 17.7. The molecular weight excluding hydrogens is 496 g/mol. The first-order valence-corrected chi connectivity index (χ1v) is 13.7. The fraction of sp³-hybridized carbons (Fsp3) is 0.167. The third kappa shape index (κ3) is 4.84. The number of nitriles is 1. The number of rotatable bonds is 6. The SMILES string of the molecule is CC1=CNC(c2ccc(Nc3cc(Nc4cccc(C#N)n4)nc4nc(C)[nH]c34)c(S(C)(=O)=O)c2)S1. The van der Waals surface area contributed by atoms with E-state index in [1.165, 1.54) is 6.26 Å². The third-order valence-electron chi connectivity index (χ3n) is 5.42. The number of thioether (sulfide) groups is 1. The molecule has 0 spiro atoms. The van der Waals surface area contributed by atoms with Crippen LogP contribution in [0.25, 0.3) is 11.2 Å². The number of aromatic nitrogens is 4. The molecule has 1 aliphatic rings. The number of allylic oxidation sites excluding steroid dienone is 1. The Bertz CT molecular complexity index is 1670. The van der Waals surface area contributed by atoms with Gasteiger partial charge in [0.05, 0.1) is 16.3 Å². The van der Waals surface area contributed by atoms with Gasteiger partial charge in [-0.2, -0.15) is 5.26 Å². The molecule has 0 bridgehead atoms. The summed E-state index contributed by atoms with van der Waals surface area (Å²) in [5, 5.41) is 18.7. The Labute approximate surface area is 212 Å². The number of anilines is 4. The summed E-state index contributed by atoms with van der Waals surface area (Å²) in [5.41, 5.74) is 3.23. The Morgan fingerprint density at radius 2 is 1.86 bits per heavy atom. The number of aryl methyl sites for hydroxylation is 1. The fourth-order valence-electron chi connectivity index (χ4n) is 3.83. The molecule has 0 amide bonds. The van der Waals surface area contributed by atoms with Gasteiger partial charge in [-0.3, -0.25) is 0 Å². The number of sulfone groups is 1. The average molecular weight is 519 g/mol. The first kappa shape index (κ1) is 23.7. The Hall–Kier alpha value is -4.08. The maximum absolute atomic E-state index is 12.8. The van der Waals surface area contributed by atoms with Crippen LogP contribution in [-0.4, -0.2) is 34.6 Å². The van der Waals surface area contributed by atoms with Crippen LogP contribution in [0, 0.1) is 18.3 Å². The average Bonchev–Trinajstić information content (AvgIpc) is 3.43. The van der Waals surface area contributed by atoms with Crippen LogP contribution in [0.5, 0.6) is 0 Å². The summed E-state index contributed by atoms with van der Waals surface area (Å²) in [6.07, 6.45) is 3.12. The summed E-state index contributed by atoms with van der Waals surface area (Å²) in [6.45, 7) is 3.82. The summed E-state index contributed by atoms with van der Waals surface area (Å²) in [5.74, 6) is 1.55. The Morgan fingerprint density at radius 3 is 2.58 bits per heavy atom. The maximum atomic E-state index is 12.8. The molecule has 10 nitrogen and oxygen atoms in total. The van der Waals surface area contributed by atoms with Gasteiger partial charge < -0.3 is 20.9 Å². The van der Waals surface area contributed by atoms with E-state index < -0.39 is 9.84 Å². The molecular formula is C24H22N8O2S2. The van der Waals surface area contributed by atoms with E-state index in [1.807, 2.05) is 32.2 Å². The predicted octanol–water partition coefficient (Wildman–Crippen LogP) is 4.62. The molecule has 4 aromatic rings. The Morgan fingerprint density at radius 1 is 1.03 bits per heavy atom. The smallest absolute Gasteiger partial charge is 0.181 e. The van der Waals surface area contributed by atoms with Gasteiger partial charge in [-0.1, -0.05) is 23.9 Å². The molecule has 12 heteroatoms. The predicted molar refractivity (Wildman–Crippen MR) is 141 cm³/mol. The van der Waals surface area contributed by atoms with Crippen LogP contribution in [-0.2, 0) is 9.84 Å². The summed E-state index contributed by atoms with van der Waals surface area (Å²) in [7, 11) is -3.55. The van der Waals surface area contributed by atoms with Gasteiger partial charge in [0.1, 0.15) is 40.1 Å². The lowest BCUT2D eigenvalue weighted by Crippen LogP contribution is -2.10. The topological polar surface area (TPSA) is 148 Å². The molecule has 36 heavy (non-hydrogen) atoms. The van der Waals surface area contributed by atoms with Gasteiger partial charge in [-0.25, -0.2) is 23.4 Å². The second kappa shape index (κ2) is 9.18. The lowest BCUT2D eigenvalue weighted by atomic mass is 10.2. The van der Waals surface area contributed by atoms with Gasteiger partial charge in [0.15, 0.2) is 15.5 Å². The molecule has 1 unspecified atom stereocenters. The lowest BCUT2D eigenvalue weighted by Gasteiger charge is -2.17. The van der Waals surface area contributed by atoms with Gasteiger partial charge in [0.2, 0.25) is 0 Å². The molecule has 4 N–H and O–H groups in total. The minimum Gasteiger partial charge on any atom is -0.375 e. The van der Waals surface area contributed by atoms with E-state index in [4.69, 9.17) is 5.26 Å². The summed E-state index contributed by atoms with van der Waals surface area (Å²) < 4.78 is 25.5. The second-order valence-electron chi connectivity index (χ2n) is 8.29. The number of hydrogen-bond acceptors (Lipinski definition) is 10. The van der Waals surface area contributed by atoms with Crippen molar-refractivity contribution < 1.29 is 8.42 Å². The van der Waals surface area contributed by atoms with Gasteiger partial charge in [0, 0.05) is 18.5 Å². The van der Waals surface area contributed by atoms with Crippen LogP contribution in [0.15, 0.2) is 58.5 Å². The Kier molecular flexibility index (Phi) is 6.03. The van der Waals surface area contributed by atoms with Gasteiger partial charge in [-0.05, 0) is 48.6 Å². The van der Waals surface area contributed by atoms with Crippen molar-refractivity contribution >= 4 is 55.8 Å². The number of nitrogens with one attached hydrogen (secondary N) is 4. The standard InChI is InChI=1S/C24H22N8O2S2/c1-13-12-26-24(35-13)15-7-8-17(19(9-15)36(3,33)34)30-18-10-21(32-23-22(18)27-14(2)28-23)31-20-6-4-5-16(11-25)29-20/h4-10,12,24,26H,1-3H3,(H3,27,28,29,30,31,32). The molecule has 0 fully saturated rings. The number of hydrogen-bond donors (Lipinski definition) is 4. The number of pyridine rings is 2. The zero-order valence-corrected chi connectivity index (χ0v) is 21.3. The van der Waals surface area contributed by atoms with Crippen molar-refractivity contribution in [1.82, 2.24) is 25.3 Å². The quantitative estimate of drug-likeness (QED) is 0.285. The highest BCUT2D eigenvalue weighted by Gasteiger charge is 2.22. The molecule has 0 saturated heterocycles. The number of aromatic amines is 1. The van der Waals surface area contributed by atoms with Crippen molar-refractivity contribution in [2.24, 2.45) is 0 Å². The molecule has 1 aromatic carbocycles. The summed E-state index contributed by atoms with van der Waals surface area (Å²) >= 11 is 1.64. The first-order valence-electron chi connectivity index (χ1n) is 10.9. The molecule has 0 saturated carbocycles. The monoisotopic (exact) mass is 518 g/mol. The van der Waals surface area contributed by atoms with Crippen LogP contribution in [0.1, 0.15) is 29.4 Å². The summed E-state index contributed by atoms with van der Waals surface area (Å²) in [6, 6.07) is 14.2. The molecule has 0 aliphatic carbocycles. The highest BCUT2D eigenvalue weighted by Crippen LogP contribution is 2.39. The van der Waals surface area contributed by atoms with Gasteiger partial charge in [-0.15, -0.1) is 0 Å². The van der Waals surface area contributed by atoms with E-state index in [-0.39, 0.29) is 16.0 Å². The normalized spacial score (nSPS) is 15.3. The number of nitrogens with zero attached hydrogens (tertiary/aromatic N) is 4. The minimum atomic E-state index is -3.55. The first-order chi connectivity index (χ1) is 17.2. The van der Waals surface area contributed by atoms with Crippen molar-refractivity contribution in [3.8, 4) is 6.07 Å². The van der Waals surface area contributed by atoms with Crippen molar-refractivity contribution in [3.05, 3.63) is 70.7 Å². The largest absolute Gasteiger partial charge is 0.375 e. The number of fused-ring (bicyclic) bond motifs is 1. The van der Waals surface area contributed by atoms with Crippen LogP contribution in [0.2, 0.25) is 0 Å². The molecule has 0 radical (unpaired) electrons. The fourth-order valence-corrected chi connectivity index (χ4v) is 5.63.